The van der Waals surface area contributed by atoms with Crippen LogP contribution in [0.4, 0.5) is 17.6 Å². The van der Waals surface area contributed by atoms with Gasteiger partial charge in [-0.3, -0.25) is 9.59 Å². The summed E-state index contributed by atoms with van der Waals surface area (Å²) in [5.41, 5.74) is -1.78. The van der Waals surface area contributed by atoms with Crippen molar-refractivity contribution in [3.63, 3.8) is 0 Å². The number of aryl methyl sites for hydroxylation is 1. The number of alkyl halides is 3. The molecule has 23 heavy (non-hydrogen) atoms. The third-order valence-corrected chi connectivity index (χ3v) is 3.12. The normalized spacial score (nSPS) is 11.3. The van der Waals surface area contributed by atoms with Gasteiger partial charge < -0.3 is 10.3 Å². The van der Waals surface area contributed by atoms with Crippen molar-refractivity contribution in [2.45, 2.75) is 19.6 Å². The largest absolute Gasteiger partial charge is 0.416 e. The summed E-state index contributed by atoms with van der Waals surface area (Å²) in [4.78, 5) is 25.9. The Bertz CT molecular complexity index is 797. The molecular weight excluding hydrogens is 316 g/mol. The minimum Gasteiger partial charge on any atom is -0.348 e. The van der Waals surface area contributed by atoms with Crippen molar-refractivity contribution < 1.29 is 22.4 Å². The number of rotatable bonds is 3. The monoisotopic (exact) mass is 328 g/mol. The quantitative estimate of drug-likeness (QED) is 0.851. The predicted molar refractivity (Wildman–Crippen MR) is 74.4 cm³/mol. The first kappa shape index (κ1) is 16.7. The van der Waals surface area contributed by atoms with Gasteiger partial charge in [-0.05, 0) is 36.8 Å². The van der Waals surface area contributed by atoms with Crippen LogP contribution < -0.4 is 10.9 Å². The van der Waals surface area contributed by atoms with Crippen molar-refractivity contribution in [3.05, 3.63) is 68.9 Å². The zero-order valence-corrected chi connectivity index (χ0v) is 11.9. The molecule has 0 saturated heterocycles. The molecule has 4 nitrogen and oxygen atoms in total. The number of nitrogens with one attached hydrogen (secondary N) is 2. The van der Waals surface area contributed by atoms with Crippen LogP contribution in [0.3, 0.4) is 0 Å². The number of aromatic amines is 1. The molecule has 0 saturated carbocycles. The van der Waals surface area contributed by atoms with E-state index in [9.17, 15) is 27.2 Å². The second kappa shape index (κ2) is 6.23. The van der Waals surface area contributed by atoms with Gasteiger partial charge in [0.2, 0.25) is 0 Å². The number of halogens is 4. The maximum absolute atomic E-state index is 13.0. The Morgan fingerprint density at radius 3 is 2.52 bits per heavy atom. The van der Waals surface area contributed by atoms with Crippen LogP contribution in [0.2, 0.25) is 0 Å². The van der Waals surface area contributed by atoms with Crippen LogP contribution in [0.5, 0.6) is 0 Å². The van der Waals surface area contributed by atoms with E-state index < -0.39 is 35.6 Å². The summed E-state index contributed by atoms with van der Waals surface area (Å²) in [6.07, 6.45) is -4.75. The summed E-state index contributed by atoms with van der Waals surface area (Å²) in [5.74, 6) is -1.84. The van der Waals surface area contributed by atoms with Crippen molar-refractivity contribution in [3.8, 4) is 0 Å². The lowest BCUT2D eigenvalue weighted by Gasteiger charge is -2.13. The van der Waals surface area contributed by atoms with Crippen LogP contribution >= 0.6 is 0 Å². The molecule has 0 aliphatic carbocycles. The minimum absolute atomic E-state index is 0.216. The molecule has 0 spiro atoms. The zero-order chi connectivity index (χ0) is 17.2. The Morgan fingerprint density at radius 2 is 1.91 bits per heavy atom. The summed E-state index contributed by atoms with van der Waals surface area (Å²) < 4.78 is 51.5. The van der Waals surface area contributed by atoms with Gasteiger partial charge in [0.15, 0.2) is 0 Å². The summed E-state index contributed by atoms with van der Waals surface area (Å²) in [6.45, 7) is 1.14. The fourth-order valence-electron chi connectivity index (χ4n) is 1.99. The lowest BCUT2D eigenvalue weighted by molar-refractivity contribution is -0.138. The Morgan fingerprint density at radius 1 is 1.22 bits per heavy atom. The topological polar surface area (TPSA) is 62.0 Å². The highest BCUT2D eigenvalue weighted by Gasteiger charge is 2.33. The SMILES string of the molecule is Cc1ccc(C(=O)NCc2ccc(F)cc2C(F)(F)F)c(=O)[nH]1. The van der Waals surface area contributed by atoms with E-state index in [-0.39, 0.29) is 11.1 Å². The fourth-order valence-corrected chi connectivity index (χ4v) is 1.99. The highest BCUT2D eigenvalue weighted by molar-refractivity contribution is 5.93. The summed E-state index contributed by atoms with van der Waals surface area (Å²) in [5, 5.41) is 2.23. The molecule has 2 rings (SSSR count). The fraction of sp³-hybridized carbons (Fsp3) is 0.200. The second-order valence-corrected chi connectivity index (χ2v) is 4.87. The van der Waals surface area contributed by atoms with E-state index in [1.807, 2.05) is 0 Å². The summed E-state index contributed by atoms with van der Waals surface area (Å²) >= 11 is 0. The van der Waals surface area contributed by atoms with Gasteiger partial charge in [-0.1, -0.05) is 6.07 Å². The van der Waals surface area contributed by atoms with Gasteiger partial charge in [0.05, 0.1) is 5.56 Å². The molecule has 1 aromatic carbocycles. The van der Waals surface area contributed by atoms with Crippen LogP contribution in [-0.2, 0) is 12.7 Å². The lowest BCUT2D eigenvalue weighted by Crippen LogP contribution is -2.30. The van der Waals surface area contributed by atoms with Gasteiger partial charge in [0.1, 0.15) is 11.4 Å². The van der Waals surface area contributed by atoms with Gasteiger partial charge >= 0.3 is 6.18 Å². The van der Waals surface area contributed by atoms with Gasteiger partial charge in [0.25, 0.3) is 11.5 Å². The van der Waals surface area contributed by atoms with Crippen LogP contribution in [0.1, 0.15) is 27.2 Å². The van der Waals surface area contributed by atoms with Crippen molar-refractivity contribution in [1.29, 1.82) is 0 Å². The number of hydrogen-bond acceptors (Lipinski definition) is 2. The number of carbonyl (C=O) groups excluding carboxylic acids is 1. The highest BCUT2D eigenvalue weighted by Crippen LogP contribution is 2.32. The smallest absolute Gasteiger partial charge is 0.348 e. The number of H-pyrrole nitrogens is 1. The Kier molecular flexibility index (Phi) is 4.53. The van der Waals surface area contributed by atoms with Crippen LogP contribution in [0.25, 0.3) is 0 Å². The molecule has 0 radical (unpaired) electrons. The first-order chi connectivity index (χ1) is 10.7. The van der Waals surface area contributed by atoms with E-state index >= 15 is 0 Å². The molecule has 0 bridgehead atoms. The number of amides is 1. The van der Waals surface area contributed by atoms with E-state index in [2.05, 4.69) is 10.3 Å². The Labute approximate surface area is 128 Å². The van der Waals surface area contributed by atoms with E-state index in [4.69, 9.17) is 0 Å². The standard InChI is InChI=1S/C15H12F4N2O2/c1-8-2-5-11(14(23)21-8)13(22)20-7-9-3-4-10(16)6-12(9)15(17,18)19/h2-6H,7H2,1H3,(H,20,22)(H,21,23). The number of pyridine rings is 1. The first-order valence-electron chi connectivity index (χ1n) is 6.52. The molecule has 2 aromatic rings. The van der Waals surface area contributed by atoms with Crippen molar-refractivity contribution >= 4 is 5.91 Å². The molecule has 8 heteroatoms. The van der Waals surface area contributed by atoms with E-state index in [1.54, 1.807) is 6.92 Å². The van der Waals surface area contributed by atoms with Crippen LogP contribution in [0, 0.1) is 12.7 Å². The molecular formula is C15H12F4N2O2. The molecule has 0 aliphatic heterocycles. The van der Waals surface area contributed by atoms with Crippen molar-refractivity contribution in [2.75, 3.05) is 0 Å². The molecule has 1 aromatic heterocycles. The second-order valence-electron chi connectivity index (χ2n) is 4.87. The van der Waals surface area contributed by atoms with Crippen LogP contribution in [-0.4, -0.2) is 10.9 Å². The zero-order valence-electron chi connectivity index (χ0n) is 11.9. The highest BCUT2D eigenvalue weighted by atomic mass is 19.4. The predicted octanol–water partition coefficient (Wildman–Crippen LogP) is 2.77. The third-order valence-electron chi connectivity index (χ3n) is 3.12. The maximum atomic E-state index is 13.0. The molecule has 122 valence electrons. The molecule has 1 heterocycles. The number of hydrogen-bond donors (Lipinski definition) is 2. The summed E-state index contributed by atoms with van der Waals surface area (Å²) in [7, 11) is 0. The average molecular weight is 328 g/mol. The van der Waals surface area contributed by atoms with E-state index in [0.29, 0.717) is 11.8 Å². The number of aromatic nitrogens is 1. The Hall–Kier alpha value is -2.64. The van der Waals surface area contributed by atoms with Crippen LogP contribution in [0.15, 0.2) is 35.1 Å². The third kappa shape index (κ3) is 3.97. The molecule has 0 fully saturated rings. The molecule has 0 atom stereocenters. The van der Waals surface area contributed by atoms with E-state index in [1.165, 1.54) is 12.1 Å². The average Bonchev–Trinajstić information content (AvgIpc) is 2.44. The number of carbonyl (C=O) groups is 1. The van der Waals surface area contributed by atoms with Gasteiger partial charge in [0, 0.05) is 12.2 Å². The van der Waals surface area contributed by atoms with Gasteiger partial charge in [-0.2, -0.15) is 13.2 Å². The van der Waals surface area contributed by atoms with E-state index in [0.717, 1.165) is 12.1 Å². The molecule has 0 unspecified atom stereocenters. The van der Waals surface area contributed by atoms with Crippen molar-refractivity contribution in [2.24, 2.45) is 0 Å². The molecule has 2 N–H and O–H groups in total. The van der Waals surface area contributed by atoms with Gasteiger partial charge in [-0.25, -0.2) is 4.39 Å². The molecule has 1 amide bonds. The summed E-state index contributed by atoms with van der Waals surface area (Å²) in [6, 6.07) is 4.95. The maximum Gasteiger partial charge on any atom is 0.416 e. The molecule has 0 aliphatic rings. The number of benzene rings is 1. The first-order valence-corrected chi connectivity index (χ1v) is 6.52. The Balaban J connectivity index is 2.21. The van der Waals surface area contributed by atoms with Crippen molar-refractivity contribution in [1.82, 2.24) is 10.3 Å². The van der Waals surface area contributed by atoms with Gasteiger partial charge in [-0.15, -0.1) is 0 Å². The lowest BCUT2D eigenvalue weighted by atomic mass is 10.1. The minimum atomic E-state index is -4.75.